The predicted molar refractivity (Wildman–Crippen MR) is 61.5 cm³/mol. The maximum atomic E-state index is 13.6. The van der Waals surface area contributed by atoms with Gasteiger partial charge >= 0.3 is 0 Å². The van der Waals surface area contributed by atoms with Gasteiger partial charge in [0, 0.05) is 6.04 Å². The molecule has 1 saturated carbocycles. The lowest BCUT2D eigenvalue weighted by molar-refractivity contribution is 0.602. The summed E-state index contributed by atoms with van der Waals surface area (Å²) < 4.78 is 13.6. The molecule has 16 heavy (non-hydrogen) atoms. The molecule has 0 radical (unpaired) electrons. The van der Waals surface area contributed by atoms with E-state index in [4.69, 9.17) is 5.26 Å². The van der Waals surface area contributed by atoms with E-state index in [2.05, 4.69) is 11.4 Å². The monoisotopic (exact) mass is 218 g/mol. The van der Waals surface area contributed by atoms with E-state index in [0.29, 0.717) is 5.69 Å². The van der Waals surface area contributed by atoms with Crippen LogP contribution in [0.1, 0.15) is 24.8 Å². The zero-order valence-electron chi connectivity index (χ0n) is 9.33. The van der Waals surface area contributed by atoms with E-state index in [1.807, 2.05) is 13.0 Å². The third-order valence-corrected chi connectivity index (χ3v) is 3.15. The highest BCUT2D eigenvalue weighted by Crippen LogP contribution is 2.28. The minimum absolute atomic E-state index is 0.0145. The Bertz CT molecular complexity index is 422. The number of nitriles is 1. The van der Waals surface area contributed by atoms with Crippen molar-refractivity contribution in [2.24, 2.45) is 5.92 Å². The highest BCUT2D eigenvalue weighted by atomic mass is 19.1. The first-order chi connectivity index (χ1) is 7.70. The molecule has 0 aliphatic heterocycles. The van der Waals surface area contributed by atoms with Gasteiger partial charge in [-0.05, 0) is 43.9 Å². The van der Waals surface area contributed by atoms with Gasteiger partial charge in [-0.1, -0.05) is 6.07 Å². The molecule has 3 heteroatoms. The Balaban J connectivity index is 2.12. The van der Waals surface area contributed by atoms with Crippen LogP contribution in [0.4, 0.5) is 10.1 Å². The fourth-order valence-corrected chi connectivity index (χ4v) is 2.22. The van der Waals surface area contributed by atoms with Crippen LogP contribution >= 0.6 is 0 Å². The molecule has 2 rings (SSSR count). The molecule has 0 bridgehead atoms. The molecule has 1 aromatic carbocycles. The molecule has 0 heterocycles. The minimum Gasteiger partial charge on any atom is -0.379 e. The van der Waals surface area contributed by atoms with Crippen molar-refractivity contribution in [3.8, 4) is 6.07 Å². The molecule has 1 fully saturated rings. The standard InChI is InChI=1S/C13H15FN2/c1-9-5-6-13(11(14)7-9)16-12-4-2-3-10(12)8-15/h5-7,10,12,16H,2-4H2,1H3. The van der Waals surface area contributed by atoms with Crippen LogP contribution in [0.2, 0.25) is 0 Å². The van der Waals surface area contributed by atoms with Crippen molar-refractivity contribution >= 4 is 5.69 Å². The highest BCUT2D eigenvalue weighted by molar-refractivity contribution is 5.47. The molecule has 0 spiro atoms. The molecular formula is C13H15FN2. The molecular weight excluding hydrogens is 203 g/mol. The van der Waals surface area contributed by atoms with Crippen LogP contribution < -0.4 is 5.32 Å². The first-order valence-corrected chi connectivity index (χ1v) is 5.63. The van der Waals surface area contributed by atoms with Crippen LogP contribution in [0, 0.1) is 30.0 Å². The van der Waals surface area contributed by atoms with E-state index in [0.717, 1.165) is 24.8 Å². The smallest absolute Gasteiger partial charge is 0.146 e. The zero-order valence-corrected chi connectivity index (χ0v) is 9.33. The zero-order chi connectivity index (χ0) is 11.5. The minimum atomic E-state index is -0.233. The normalized spacial score (nSPS) is 24.1. The highest BCUT2D eigenvalue weighted by Gasteiger charge is 2.27. The maximum absolute atomic E-state index is 13.6. The van der Waals surface area contributed by atoms with Crippen molar-refractivity contribution in [2.45, 2.75) is 32.2 Å². The molecule has 0 aromatic heterocycles. The third kappa shape index (κ3) is 2.16. The number of aryl methyl sites for hydroxylation is 1. The van der Waals surface area contributed by atoms with Gasteiger partial charge < -0.3 is 5.32 Å². The molecule has 2 atom stereocenters. The van der Waals surface area contributed by atoms with Crippen molar-refractivity contribution in [1.82, 2.24) is 0 Å². The molecule has 2 nitrogen and oxygen atoms in total. The van der Waals surface area contributed by atoms with E-state index < -0.39 is 0 Å². The molecule has 0 saturated heterocycles. The Hall–Kier alpha value is -1.56. The van der Waals surface area contributed by atoms with Gasteiger partial charge in [-0.3, -0.25) is 0 Å². The van der Waals surface area contributed by atoms with Crippen molar-refractivity contribution in [2.75, 3.05) is 5.32 Å². The summed E-state index contributed by atoms with van der Waals surface area (Å²) in [6, 6.07) is 7.52. The number of hydrogen-bond acceptors (Lipinski definition) is 2. The molecule has 1 N–H and O–H groups in total. The van der Waals surface area contributed by atoms with Crippen LogP contribution in [0.3, 0.4) is 0 Å². The van der Waals surface area contributed by atoms with Crippen molar-refractivity contribution < 1.29 is 4.39 Å². The molecule has 1 aliphatic carbocycles. The van der Waals surface area contributed by atoms with E-state index in [1.54, 1.807) is 6.07 Å². The van der Waals surface area contributed by atoms with Crippen LogP contribution in [-0.2, 0) is 0 Å². The number of halogens is 1. The van der Waals surface area contributed by atoms with Gasteiger partial charge in [0.25, 0.3) is 0 Å². The van der Waals surface area contributed by atoms with Gasteiger partial charge in [-0.2, -0.15) is 5.26 Å². The van der Waals surface area contributed by atoms with Gasteiger partial charge in [-0.15, -0.1) is 0 Å². The molecule has 1 aliphatic rings. The number of rotatable bonds is 2. The topological polar surface area (TPSA) is 35.8 Å². The van der Waals surface area contributed by atoms with Gasteiger partial charge in [0.05, 0.1) is 17.7 Å². The number of hydrogen-bond donors (Lipinski definition) is 1. The Morgan fingerprint density at radius 3 is 2.94 bits per heavy atom. The Morgan fingerprint density at radius 2 is 2.25 bits per heavy atom. The number of nitrogens with one attached hydrogen (secondary N) is 1. The van der Waals surface area contributed by atoms with E-state index >= 15 is 0 Å². The summed E-state index contributed by atoms with van der Waals surface area (Å²) in [4.78, 5) is 0. The molecule has 84 valence electrons. The van der Waals surface area contributed by atoms with Gasteiger partial charge in [0.1, 0.15) is 5.82 Å². The van der Waals surface area contributed by atoms with Crippen LogP contribution in [0.25, 0.3) is 0 Å². The quantitative estimate of drug-likeness (QED) is 0.827. The first-order valence-electron chi connectivity index (χ1n) is 5.63. The maximum Gasteiger partial charge on any atom is 0.146 e. The second-order valence-corrected chi connectivity index (χ2v) is 4.40. The summed E-state index contributed by atoms with van der Waals surface area (Å²) in [6.45, 7) is 1.86. The first kappa shape index (κ1) is 10.9. The predicted octanol–water partition coefficient (Wildman–Crippen LogP) is 3.24. The number of anilines is 1. The summed E-state index contributed by atoms with van der Waals surface area (Å²) in [5, 5.41) is 12.1. The lowest BCUT2D eigenvalue weighted by atomic mass is 10.1. The summed E-state index contributed by atoms with van der Waals surface area (Å²) in [5.74, 6) is -0.218. The Labute approximate surface area is 95.1 Å². The van der Waals surface area contributed by atoms with E-state index in [-0.39, 0.29) is 17.8 Å². The largest absolute Gasteiger partial charge is 0.379 e. The number of benzene rings is 1. The molecule has 1 aromatic rings. The van der Waals surface area contributed by atoms with Gasteiger partial charge in [0.2, 0.25) is 0 Å². The fourth-order valence-electron chi connectivity index (χ4n) is 2.22. The van der Waals surface area contributed by atoms with Crippen molar-refractivity contribution in [3.05, 3.63) is 29.6 Å². The summed E-state index contributed by atoms with van der Waals surface area (Å²) in [7, 11) is 0. The van der Waals surface area contributed by atoms with Crippen LogP contribution in [-0.4, -0.2) is 6.04 Å². The summed E-state index contributed by atoms with van der Waals surface area (Å²) in [5.41, 5.74) is 1.42. The van der Waals surface area contributed by atoms with Gasteiger partial charge in [0.15, 0.2) is 0 Å². The second kappa shape index (κ2) is 4.52. The SMILES string of the molecule is Cc1ccc(NC2CCCC2C#N)c(F)c1. The molecule has 2 unspecified atom stereocenters. The van der Waals surface area contributed by atoms with Crippen LogP contribution in [0.15, 0.2) is 18.2 Å². The average molecular weight is 218 g/mol. The third-order valence-electron chi connectivity index (χ3n) is 3.15. The lowest BCUT2D eigenvalue weighted by Gasteiger charge is -2.17. The van der Waals surface area contributed by atoms with Gasteiger partial charge in [-0.25, -0.2) is 4.39 Å². The van der Waals surface area contributed by atoms with Crippen molar-refractivity contribution in [1.29, 1.82) is 5.26 Å². The van der Waals surface area contributed by atoms with Crippen LogP contribution in [0.5, 0.6) is 0 Å². The van der Waals surface area contributed by atoms with E-state index in [9.17, 15) is 4.39 Å². The van der Waals surface area contributed by atoms with E-state index in [1.165, 1.54) is 6.07 Å². The average Bonchev–Trinajstić information content (AvgIpc) is 2.69. The Kier molecular flexibility index (Phi) is 3.09. The number of nitrogens with zero attached hydrogens (tertiary/aromatic N) is 1. The Morgan fingerprint density at radius 1 is 1.44 bits per heavy atom. The summed E-state index contributed by atoms with van der Waals surface area (Å²) in [6.07, 6.45) is 2.91. The van der Waals surface area contributed by atoms with Crippen molar-refractivity contribution in [3.63, 3.8) is 0 Å². The lowest BCUT2D eigenvalue weighted by Crippen LogP contribution is -2.23. The second-order valence-electron chi connectivity index (χ2n) is 4.40. The molecule has 0 amide bonds. The fraction of sp³-hybridized carbons (Fsp3) is 0.462. The summed E-state index contributed by atoms with van der Waals surface area (Å²) >= 11 is 0.